The van der Waals surface area contributed by atoms with Gasteiger partial charge < -0.3 is 15.8 Å². The van der Waals surface area contributed by atoms with Crippen LogP contribution in [-0.2, 0) is 0 Å². The maximum Gasteiger partial charge on any atom is 0.121 e. The minimum atomic E-state index is 0.571. The number of hydrogen-bond acceptors (Lipinski definition) is 3. The highest BCUT2D eigenvalue weighted by Gasteiger charge is 2.18. The average Bonchev–Trinajstić information content (AvgIpc) is 2.34. The molecular formula is C14H22N2O. The molecule has 0 heterocycles. The fourth-order valence-corrected chi connectivity index (χ4v) is 2.42. The Morgan fingerprint density at radius 3 is 2.53 bits per heavy atom. The van der Waals surface area contributed by atoms with Crippen LogP contribution in [0, 0.1) is 5.92 Å². The van der Waals surface area contributed by atoms with E-state index in [1.165, 1.54) is 25.7 Å². The lowest BCUT2D eigenvalue weighted by Crippen LogP contribution is -2.25. The Kier molecular flexibility index (Phi) is 3.77. The lowest BCUT2D eigenvalue weighted by atomic mass is 9.87. The normalized spacial score (nSPS) is 24.4. The molecule has 1 aromatic carbocycles. The maximum absolute atomic E-state index is 6.00. The van der Waals surface area contributed by atoms with Gasteiger partial charge in [-0.3, -0.25) is 0 Å². The Bertz CT molecular complexity index is 370. The molecule has 0 aliphatic heterocycles. The smallest absolute Gasteiger partial charge is 0.121 e. The number of benzene rings is 1. The second-order valence-electron chi connectivity index (χ2n) is 5.05. The third kappa shape index (κ3) is 3.05. The highest BCUT2D eigenvalue weighted by Crippen LogP contribution is 2.29. The number of nitrogens with one attached hydrogen (secondary N) is 1. The van der Waals surface area contributed by atoms with Crippen molar-refractivity contribution in [2.24, 2.45) is 5.92 Å². The molecule has 1 fully saturated rings. The van der Waals surface area contributed by atoms with Gasteiger partial charge in [-0.25, -0.2) is 0 Å². The first kappa shape index (κ1) is 12.1. The highest BCUT2D eigenvalue weighted by atomic mass is 16.5. The minimum Gasteiger partial charge on any atom is -0.497 e. The zero-order valence-corrected chi connectivity index (χ0v) is 10.7. The predicted molar refractivity (Wildman–Crippen MR) is 72.4 cm³/mol. The van der Waals surface area contributed by atoms with E-state index in [2.05, 4.69) is 12.2 Å². The molecule has 2 rings (SSSR count). The third-order valence-corrected chi connectivity index (χ3v) is 3.63. The summed E-state index contributed by atoms with van der Waals surface area (Å²) in [6.45, 7) is 2.33. The summed E-state index contributed by atoms with van der Waals surface area (Å²) in [4.78, 5) is 0. The van der Waals surface area contributed by atoms with Gasteiger partial charge in [0.15, 0.2) is 0 Å². The number of anilines is 2. The van der Waals surface area contributed by atoms with Gasteiger partial charge in [0.1, 0.15) is 5.75 Å². The van der Waals surface area contributed by atoms with Crippen LogP contribution in [0.15, 0.2) is 18.2 Å². The van der Waals surface area contributed by atoms with Crippen LogP contribution in [0.4, 0.5) is 11.4 Å². The Labute approximate surface area is 103 Å². The van der Waals surface area contributed by atoms with Crippen molar-refractivity contribution in [1.82, 2.24) is 0 Å². The molecule has 1 aliphatic rings. The second-order valence-corrected chi connectivity index (χ2v) is 5.05. The van der Waals surface area contributed by atoms with Crippen LogP contribution in [0.3, 0.4) is 0 Å². The molecule has 0 bridgehead atoms. The van der Waals surface area contributed by atoms with Crippen LogP contribution in [0.5, 0.6) is 5.75 Å². The Morgan fingerprint density at radius 2 is 1.94 bits per heavy atom. The summed E-state index contributed by atoms with van der Waals surface area (Å²) in [7, 11) is 1.66. The average molecular weight is 234 g/mol. The van der Waals surface area contributed by atoms with Gasteiger partial charge in [-0.15, -0.1) is 0 Å². The molecule has 1 aromatic rings. The van der Waals surface area contributed by atoms with E-state index in [0.29, 0.717) is 6.04 Å². The van der Waals surface area contributed by atoms with Crippen molar-refractivity contribution in [3.05, 3.63) is 18.2 Å². The van der Waals surface area contributed by atoms with E-state index >= 15 is 0 Å². The van der Waals surface area contributed by atoms with Crippen LogP contribution in [0.1, 0.15) is 32.6 Å². The van der Waals surface area contributed by atoms with Gasteiger partial charge in [-0.1, -0.05) is 6.92 Å². The van der Waals surface area contributed by atoms with Gasteiger partial charge in [0.05, 0.1) is 18.5 Å². The van der Waals surface area contributed by atoms with E-state index in [-0.39, 0.29) is 0 Å². The first-order valence-electron chi connectivity index (χ1n) is 6.39. The van der Waals surface area contributed by atoms with Crippen LogP contribution in [-0.4, -0.2) is 13.2 Å². The van der Waals surface area contributed by atoms with Gasteiger partial charge in [-0.2, -0.15) is 0 Å². The monoisotopic (exact) mass is 234 g/mol. The molecule has 3 N–H and O–H groups in total. The van der Waals surface area contributed by atoms with Crippen LogP contribution >= 0.6 is 0 Å². The van der Waals surface area contributed by atoms with E-state index in [1.54, 1.807) is 7.11 Å². The first-order chi connectivity index (χ1) is 8.19. The van der Waals surface area contributed by atoms with Gasteiger partial charge in [0.2, 0.25) is 0 Å². The molecule has 0 aromatic heterocycles. The van der Waals surface area contributed by atoms with Gasteiger partial charge >= 0.3 is 0 Å². The topological polar surface area (TPSA) is 47.3 Å². The summed E-state index contributed by atoms with van der Waals surface area (Å²) >= 11 is 0. The fourth-order valence-electron chi connectivity index (χ4n) is 2.42. The standard InChI is InChI=1S/C14H22N2O/c1-10-3-5-11(6-4-10)16-14-8-7-12(17-2)9-13(14)15/h7-11,16H,3-6,15H2,1-2H3. The number of nitrogen functional groups attached to an aromatic ring is 1. The van der Waals surface area contributed by atoms with Crippen LogP contribution in [0.2, 0.25) is 0 Å². The van der Waals surface area contributed by atoms with Gasteiger partial charge in [-0.05, 0) is 43.7 Å². The fraction of sp³-hybridized carbons (Fsp3) is 0.571. The molecular weight excluding hydrogens is 212 g/mol. The molecule has 0 atom stereocenters. The van der Waals surface area contributed by atoms with Gasteiger partial charge in [0.25, 0.3) is 0 Å². The molecule has 0 amide bonds. The molecule has 0 saturated heterocycles. The summed E-state index contributed by atoms with van der Waals surface area (Å²) in [6.07, 6.45) is 5.11. The van der Waals surface area contributed by atoms with E-state index in [4.69, 9.17) is 10.5 Å². The number of hydrogen-bond donors (Lipinski definition) is 2. The molecule has 0 radical (unpaired) electrons. The summed E-state index contributed by atoms with van der Waals surface area (Å²) in [5, 5.41) is 3.54. The van der Waals surface area contributed by atoms with E-state index in [9.17, 15) is 0 Å². The van der Waals surface area contributed by atoms with Crippen LogP contribution < -0.4 is 15.8 Å². The zero-order valence-electron chi connectivity index (χ0n) is 10.7. The van der Waals surface area contributed by atoms with E-state index in [0.717, 1.165) is 23.0 Å². The van der Waals surface area contributed by atoms with Crippen molar-refractivity contribution in [2.75, 3.05) is 18.2 Å². The van der Waals surface area contributed by atoms with Crippen molar-refractivity contribution in [3.63, 3.8) is 0 Å². The largest absolute Gasteiger partial charge is 0.497 e. The van der Waals surface area contributed by atoms with Crippen LogP contribution in [0.25, 0.3) is 0 Å². The summed E-state index contributed by atoms with van der Waals surface area (Å²) in [5.41, 5.74) is 7.80. The number of ether oxygens (including phenoxy) is 1. The Hall–Kier alpha value is -1.38. The first-order valence-corrected chi connectivity index (χ1v) is 6.39. The van der Waals surface area contributed by atoms with Crippen molar-refractivity contribution < 1.29 is 4.74 Å². The quantitative estimate of drug-likeness (QED) is 0.789. The molecule has 3 heteroatoms. The SMILES string of the molecule is COc1ccc(NC2CCC(C)CC2)c(N)c1. The molecule has 0 unspecified atom stereocenters. The second kappa shape index (κ2) is 5.30. The van der Waals surface area contributed by atoms with Crippen molar-refractivity contribution in [3.8, 4) is 5.75 Å². The van der Waals surface area contributed by atoms with Crippen molar-refractivity contribution >= 4 is 11.4 Å². The maximum atomic E-state index is 6.00. The van der Waals surface area contributed by atoms with Crippen molar-refractivity contribution in [1.29, 1.82) is 0 Å². The lowest BCUT2D eigenvalue weighted by molar-refractivity contribution is 0.361. The number of methoxy groups -OCH3 is 1. The molecule has 0 spiro atoms. The minimum absolute atomic E-state index is 0.571. The molecule has 17 heavy (non-hydrogen) atoms. The molecule has 1 saturated carbocycles. The summed E-state index contributed by atoms with van der Waals surface area (Å²) in [6, 6.07) is 6.39. The van der Waals surface area contributed by atoms with Gasteiger partial charge in [0, 0.05) is 12.1 Å². The third-order valence-electron chi connectivity index (χ3n) is 3.63. The summed E-state index contributed by atoms with van der Waals surface area (Å²) < 4.78 is 5.15. The predicted octanol–water partition coefficient (Wildman–Crippen LogP) is 3.27. The molecule has 3 nitrogen and oxygen atoms in total. The molecule has 94 valence electrons. The zero-order chi connectivity index (χ0) is 12.3. The van der Waals surface area contributed by atoms with E-state index < -0.39 is 0 Å². The summed E-state index contributed by atoms with van der Waals surface area (Å²) in [5.74, 6) is 1.69. The molecule has 1 aliphatic carbocycles. The van der Waals surface area contributed by atoms with Crippen molar-refractivity contribution in [2.45, 2.75) is 38.6 Å². The van der Waals surface area contributed by atoms with E-state index in [1.807, 2.05) is 18.2 Å². The lowest BCUT2D eigenvalue weighted by Gasteiger charge is -2.28. The highest BCUT2D eigenvalue weighted by molar-refractivity contribution is 5.68. The number of nitrogens with two attached hydrogens (primary N) is 1. The number of rotatable bonds is 3. The Morgan fingerprint density at radius 1 is 1.24 bits per heavy atom. The Balaban J connectivity index is 1.99.